The van der Waals surface area contributed by atoms with Crippen LogP contribution in [0.15, 0.2) is 29.4 Å². The molecule has 41 heavy (non-hydrogen) atoms. The van der Waals surface area contributed by atoms with Gasteiger partial charge in [-0.1, -0.05) is 6.07 Å². The number of amides is 1. The normalized spacial score (nSPS) is 15.8. The number of benzene rings is 1. The monoisotopic (exact) mass is 600 g/mol. The highest BCUT2D eigenvalue weighted by atomic mass is 19.4. The van der Waals surface area contributed by atoms with E-state index >= 15 is 0 Å². The van der Waals surface area contributed by atoms with E-state index < -0.39 is 64.7 Å². The number of ether oxygens (including phenoxy) is 1. The van der Waals surface area contributed by atoms with Gasteiger partial charge in [0.15, 0.2) is 17.3 Å². The maximum Gasteiger partial charge on any atom is 0.459 e. The van der Waals surface area contributed by atoms with Crippen molar-refractivity contribution in [2.45, 2.75) is 43.3 Å². The number of carbonyl (C=O) groups is 1. The van der Waals surface area contributed by atoms with E-state index in [9.17, 15) is 54.0 Å². The third-order valence-electron chi connectivity index (χ3n) is 6.11. The fourth-order valence-electron chi connectivity index (χ4n) is 3.68. The van der Waals surface area contributed by atoms with E-state index in [4.69, 9.17) is 5.73 Å². The third kappa shape index (κ3) is 5.93. The molecule has 8 nitrogen and oxygen atoms in total. The molecular formula is C23H18F10N6O2. The Labute approximate surface area is 224 Å². The van der Waals surface area contributed by atoms with Gasteiger partial charge in [-0.3, -0.25) is 4.79 Å². The molecule has 0 bridgehead atoms. The zero-order chi connectivity index (χ0) is 31.1. The maximum atomic E-state index is 14.0. The van der Waals surface area contributed by atoms with Gasteiger partial charge in [0, 0.05) is 32.1 Å². The summed E-state index contributed by atoms with van der Waals surface area (Å²) in [5, 5.41) is 12.3. The van der Waals surface area contributed by atoms with Crippen LogP contribution in [0.4, 0.5) is 49.7 Å². The molecule has 1 aromatic heterocycles. The summed E-state index contributed by atoms with van der Waals surface area (Å²) >= 11 is 0. The molecule has 1 saturated carbocycles. The van der Waals surface area contributed by atoms with Gasteiger partial charge in [-0.15, -0.1) is 0 Å². The van der Waals surface area contributed by atoms with Gasteiger partial charge in [-0.2, -0.15) is 54.3 Å². The van der Waals surface area contributed by atoms with Crippen molar-refractivity contribution in [3.8, 4) is 11.8 Å². The van der Waals surface area contributed by atoms with Gasteiger partial charge >= 0.3 is 24.9 Å². The van der Waals surface area contributed by atoms with Crippen molar-refractivity contribution in [2.75, 3.05) is 7.05 Å². The molecule has 0 aliphatic heterocycles. The lowest BCUT2D eigenvalue weighted by molar-refractivity contribution is -0.291. The van der Waals surface area contributed by atoms with Crippen molar-refractivity contribution < 1.29 is 53.4 Å². The van der Waals surface area contributed by atoms with Crippen molar-refractivity contribution >= 4 is 23.5 Å². The number of hydrogen-bond acceptors (Lipinski definition) is 6. The number of nitrogens with zero attached hydrogens (tertiary/aromatic N) is 5. The molecule has 1 amide bonds. The van der Waals surface area contributed by atoms with E-state index in [2.05, 4.69) is 14.8 Å². The molecular weight excluding hydrogens is 582 g/mol. The molecule has 1 aliphatic rings. The summed E-state index contributed by atoms with van der Waals surface area (Å²) < 4.78 is 138. The van der Waals surface area contributed by atoms with E-state index in [1.54, 1.807) is 0 Å². The predicted octanol–water partition coefficient (Wildman–Crippen LogP) is 5.52. The van der Waals surface area contributed by atoms with Crippen LogP contribution in [0.25, 0.3) is 5.57 Å². The van der Waals surface area contributed by atoms with Crippen molar-refractivity contribution in [3.05, 3.63) is 46.8 Å². The van der Waals surface area contributed by atoms with Crippen LogP contribution < -0.4 is 10.5 Å². The van der Waals surface area contributed by atoms with Gasteiger partial charge in [-0.25, -0.2) is 9.67 Å². The summed E-state index contributed by atoms with van der Waals surface area (Å²) in [7, 11) is 1.94. The van der Waals surface area contributed by atoms with Gasteiger partial charge in [0.1, 0.15) is 5.54 Å². The predicted molar refractivity (Wildman–Crippen MR) is 121 cm³/mol. The second-order valence-electron chi connectivity index (χ2n) is 8.72. The van der Waals surface area contributed by atoms with E-state index in [0.29, 0.717) is 12.3 Å². The first-order valence-electron chi connectivity index (χ1n) is 11.1. The molecule has 1 heterocycles. The van der Waals surface area contributed by atoms with Crippen LogP contribution >= 0.6 is 0 Å². The standard InChI is InChI=1S/C23H18F10N6O2/c1-38(20(10-35)5-6-20)18(40)13-7-11(3-4-14(13)22(28,29)30)12(8-34)9-36-17-15(41-19(24)25)16(37-39(17)2)21(26,27)23(31,32)33/h3-4,7-9,19H,5-6,34H2,1-2H3. The second-order valence-corrected chi connectivity index (χ2v) is 8.72. The molecule has 222 valence electrons. The lowest BCUT2D eigenvalue weighted by atomic mass is 9.98. The number of nitrogens with two attached hydrogens (primary N) is 1. The molecule has 1 fully saturated rings. The minimum atomic E-state index is -6.24. The molecule has 1 aromatic carbocycles. The van der Waals surface area contributed by atoms with Crippen LogP contribution in [0.2, 0.25) is 0 Å². The highest BCUT2D eigenvalue weighted by molar-refractivity contribution is 6.11. The summed E-state index contributed by atoms with van der Waals surface area (Å²) in [6, 6.07) is 4.00. The molecule has 3 rings (SSSR count). The number of nitriles is 1. The lowest BCUT2D eigenvalue weighted by Crippen LogP contribution is -2.38. The average molecular weight is 600 g/mol. The number of halogens is 10. The van der Waals surface area contributed by atoms with Crippen LogP contribution in [0.3, 0.4) is 0 Å². The number of aromatic nitrogens is 2. The zero-order valence-corrected chi connectivity index (χ0v) is 20.8. The van der Waals surface area contributed by atoms with Crippen LogP contribution in [0.1, 0.15) is 40.0 Å². The highest BCUT2D eigenvalue weighted by Crippen LogP contribution is 2.49. The Kier molecular flexibility index (Phi) is 8.07. The number of rotatable bonds is 8. The molecule has 0 spiro atoms. The minimum Gasteiger partial charge on any atom is -0.428 e. The molecule has 0 atom stereocenters. The van der Waals surface area contributed by atoms with Gasteiger partial charge in [-0.05, 0) is 30.5 Å². The van der Waals surface area contributed by atoms with Crippen molar-refractivity contribution in [1.29, 1.82) is 5.26 Å². The van der Waals surface area contributed by atoms with E-state index in [0.717, 1.165) is 37.3 Å². The van der Waals surface area contributed by atoms with Crippen molar-refractivity contribution in [2.24, 2.45) is 17.8 Å². The summed E-state index contributed by atoms with van der Waals surface area (Å²) in [6.07, 6.45) is -9.41. The van der Waals surface area contributed by atoms with E-state index in [1.807, 2.05) is 6.07 Å². The van der Waals surface area contributed by atoms with E-state index in [1.165, 1.54) is 0 Å². The fraction of sp³-hybridized carbons (Fsp3) is 0.391. The Bertz CT molecular complexity index is 1430. The molecule has 0 radical (unpaired) electrons. The van der Waals surface area contributed by atoms with Crippen molar-refractivity contribution in [3.63, 3.8) is 0 Å². The molecule has 2 N–H and O–H groups in total. The molecule has 0 saturated heterocycles. The lowest BCUT2D eigenvalue weighted by Gasteiger charge is -2.24. The smallest absolute Gasteiger partial charge is 0.428 e. The number of hydrogen-bond donors (Lipinski definition) is 1. The van der Waals surface area contributed by atoms with Crippen LogP contribution in [-0.2, 0) is 19.1 Å². The quantitative estimate of drug-likeness (QED) is 0.317. The van der Waals surface area contributed by atoms with Crippen molar-refractivity contribution in [1.82, 2.24) is 14.7 Å². The van der Waals surface area contributed by atoms with Gasteiger partial charge < -0.3 is 15.4 Å². The Balaban J connectivity index is 2.10. The van der Waals surface area contributed by atoms with Crippen LogP contribution in [-0.4, -0.2) is 52.2 Å². The topological polar surface area (TPSA) is 110 Å². The maximum absolute atomic E-state index is 14.0. The first-order valence-corrected chi connectivity index (χ1v) is 11.1. The number of carbonyl (C=O) groups excluding carboxylic acids is 1. The first-order chi connectivity index (χ1) is 18.8. The number of aryl methyl sites for hydroxylation is 1. The number of aliphatic imine (C=N–C) groups is 1. The Morgan fingerprint density at radius 2 is 1.83 bits per heavy atom. The number of allylic oxidation sites excluding steroid dienone is 1. The summed E-state index contributed by atoms with van der Waals surface area (Å²) in [6.45, 7) is -3.87. The average Bonchev–Trinajstić information content (AvgIpc) is 3.61. The summed E-state index contributed by atoms with van der Waals surface area (Å²) in [4.78, 5) is 17.4. The SMILES string of the molecule is CN(C(=O)c1cc(C(C=Nc2c(OC(F)F)c(C(F)(F)C(F)(F)F)nn2C)=CN)ccc1C(F)(F)F)C1(C#N)CC1. The fourth-order valence-corrected chi connectivity index (χ4v) is 3.68. The van der Waals surface area contributed by atoms with E-state index in [-0.39, 0.29) is 28.7 Å². The van der Waals surface area contributed by atoms with Gasteiger partial charge in [0.25, 0.3) is 5.91 Å². The minimum absolute atomic E-state index is 0.220. The third-order valence-corrected chi connectivity index (χ3v) is 6.11. The van der Waals surface area contributed by atoms with Gasteiger partial charge in [0.2, 0.25) is 0 Å². The molecule has 2 aromatic rings. The second kappa shape index (κ2) is 10.6. The Hall–Kier alpha value is -4.30. The zero-order valence-electron chi connectivity index (χ0n) is 20.8. The largest absolute Gasteiger partial charge is 0.459 e. The number of alkyl halides is 10. The Morgan fingerprint density at radius 1 is 1.22 bits per heavy atom. The van der Waals surface area contributed by atoms with Gasteiger partial charge in [0.05, 0.1) is 17.2 Å². The van der Waals surface area contributed by atoms with Crippen LogP contribution in [0.5, 0.6) is 5.75 Å². The molecule has 0 unspecified atom stereocenters. The molecule has 1 aliphatic carbocycles. The summed E-state index contributed by atoms with van der Waals surface area (Å²) in [5.41, 5.74) is -0.777. The first kappa shape index (κ1) is 31.2. The Morgan fingerprint density at radius 3 is 2.29 bits per heavy atom. The highest BCUT2D eigenvalue weighted by Gasteiger charge is 2.62. The molecule has 18 heteroatoms. The van der Waals surface area contributed by atoms with Crippen LogP contribution in [0, 0.1) is 11.3 Å². The summed E-state index contributed by atoms with van der Waals surface area (Å²) in [5.74, 6) is -9.65.